The van der Waals surface area contributed by atoms with Gasteiger partial charge in [-0.05, 0) is 83.4 Å². The number of hydrogen-bond acceptors (Lipinski definition) is 1. The summed E-state index contributed by atoms with van der Waals surface area (Å²) in [5, 5.41) is -1.79. The fourth-order valence-corrected chi connectivity index (χ4v) is 6.63. The fraction of sp³-hybridized carbons (Fsp3) is 0. The van der Waals surface area contributed by atoms with Gasteiger partial charge in [0.05, 0.1) is 26.0 Å². The van der Waals surface area contributed by atoms with Crippen LogP contribution in [0.15, 0.2) is 186 Å². The van der Waals surface area contributed by atoms with Crippen molar-refractivity contribution in [2.45, 2.75) is 0 Å². The van der Waals surface area contributed by atoms with Gasteiger partial charge in [0.2, 0.25) is 0 Å². The molecule has 0 N–H and O–H groups in total. The summed E-state index contributed by atoms with van der Waals surface area (Å²) < 4.78 is 179. The molecule has 1 aromatic heterocycles. The van der Waals surface area contributed by atoms with Crippen molar-refractivity contribution in [2.75, 3.05) is 0 Å². The highest BCUT2D eigenvalue weighted by Crippen LogP contribution is 2.47. The van der Waals surface area contributed by atoms with E-state index in [1.165, 1.54) is 0 Å². The van der Waals surface area contributed by atoms with E-state index in [4.69, 9.17) is 19.5 Å². The maximum absolute atomic E-state index is 9.91. The molecule has 1 heterocycles. The molecule has 0 spiro atoms. The van der Waals surface area contributed by atoms with E-state index < -0.39 is 164 Å². The summed E-state index contributed by atoms with van der Waals surface area (Å²) in [4.78, 5) is 0. The SMILES string of the molecule is [2H]c1c([2H])c([2H])c(-c2c3c([2H])c([2H])c([2H])c([2H])c3c(-c3c([2H])c([2H])c(-c4cccc5c4oc4ccc(-c6ccccc6)cc45)c4c([2H])c([2H])c([2H])c([2H])c34)c3c([2H])c([2H])c([2H])c([2H])c23)c([2H])c1[2H]. The Morgan fingerprint density at radius 2 is 0.939 bits per heavy atom. The number of furan rings is 1. The van der Waals surface area contributed by atoms with Crippen LogP contribution in [0.5, 0.6) is 0 Å². The molecule has 0 aliphatic rings. The summed E-state index contributed by atoms with van der Waals surface area (Å²) in [7, 11) is 0. The van der Waals surface area contributed by atoms with Crippen molar-refractivity contribution in [3.8, 4) is 44.5 Å². The second-order valence-corrected chi connectivity index (χ2v) is 11.4. The van der Waals surface area contributed by atoms with Crippen LogP contribution < -0.4 is 0 Å². The molecule has 0 aliphatic carbocycles. The van der Waals surface area contributed by atoms with E-state index in [-0.39, 0.29) is 22.1 Å². The lowest BCUT2D eigenvalue weighted by atomic mass is 9.84. The van der Waals surface area contributed by atoms with Crippen LogP contribution in [-0.4, -0.2) is 0 Å². The monoisotopic (exact) mass is 641 g/mol. The van der Waals surface area contributed by atoms with E-state index in [0.29, 0.717) is 16.4 Å². The van der Waals surface area contributed by atoms with Gasteiger partial charge in [0.25, 0.3) is 0 Å². The van der Waals surface area contributed by atoms with Crippen molar-refractivity contribution in [3.05, 3.63) is 182 Å². The molecule has 1 nitrogen and oxygen atoms in total. The summed E-state index contributed by atoms with van der Waals surface area (Å²) in [6.07, 6.45) is 0. The molecule has 9 aromatic carbocycles. The number of hydrogen-bond donors (Lipinski definition) is 0. The molecule has 0 aliphatic heterocycles. The zero-order valence-electron chi connectivity index (χ0n) is 44.3. The Kier molecular flexibility index (Phi) is 3.34. The highest BCUT2D eigenvalue weighted by molar-refractivity contribution is 6.24. The van der Waals surface area contributed by atoms with Gasteiger partial charge in [0, 0.05) is 16.3 Å². The van der Waals surface area contributed by atoms with Gasteiger partial charge in [-0.3, -0.25) is 0 Å². The smallest absolute Gasteiger partial charge is 0.143 e. The zero-order chi connectivity index (χ0) is 48.8. The van der Waals surface area contributed by atoms with Gasteiger partial charge in [-0.1, -0.05) is 169 Å². The topological polar surface area (TPSA) is 13.1 Å². The molecular formula is C48H30O. The first-order valence-corrected chi connectivity index (χ1v) is 15.3. The molecule has 0 bridgehead atoms. The Labute approximate surface area is 311 Å². The zero-order valence-corrected chi connectivity index (χ0v) is 25.3. The molecule has 0 radical (unpaired) electrons. The molecule has 0 atom stereocenters. The molecule has 0 fully saturated rings. The van der Waals surface area contributed by atoms with Crippen molar-refractivity contribution in [1.29, 1.82) is 0 Å². The third-order valence-corrected chi connectivity index (χ3v) is 8.75. The van der Waals surface area contributed by atoms with Gasteiger partial charge in [-0.2, -0.15) is 0 Å². The van der Waals surface area contributed by atoms with Gasteiger partial charge < -0.3 is 4.42 Å². The number of benzene rings is 9. The molecule has 0 amide bonds. The lowest BCUT2D eigenvalue weighted by Gasteiger charge is -2.19. The Bertz CT molecular complexity index is 3850. The summed E-state index contributed by atoms with van der Waals surface area (Å²) in [6, 6.07) is 4.70. The van der Waals surface area contributed by atoms with E-state index in [1.54, 1.807) is 24.3 Å². The minimum atomic E-state index is -0.872. The van der Waals surface area contributed by atoms with Crippen LogP contribution in [-0.2, 0) is 0 Å². The maximum atomic E-state index is 9.91. The van der Waals surface area contributed by atoms with Crippen molar-refractivity contribution in [3.63, 3.8) is 0 Å². The van der Waals surface area contributed by atoms with E-state index in [9.17, 15) is 11.0 Å². The number of rotatable bonds is 4. The maximum Gasteiger partial charge on any atom is 0.143 e. The lowest BCUT2D eigenvalue weighted by Crippen LogP contribution is -1.92. The second kappa shape index (κ2) is 11.1. The van der Waals surface area contributed by atoms with E-state index >= 15 is 0 Å². The van der Waals surface area contributed by atoms with Gasteiger partial charge in [0.1, 0.15) is 11.2 Å². The van der Waals surface area contributed by atoms with Crippen LogP contribution in [0.3, 0.4) is 0 Å². The first kappa shape index (κ1) is 14.8. The predicted octanol–water partition coefficient (Wildman–Crippen LogP) is 13.7. The molecule has 1 heteroatoms. The van der Waals surface area contributed by atoms with Crippen molar-refractivity contribution >= 4 is 54.3 Å². The molecule has 10 aromatic rings. The molecular weight excluding hydrogens is 593 g/mol. The fourth-order valence-electron chi connectivity index (χ4n) is 6.63. The molecule has 0 saturated carbocycles. The second-order valence-electron chi connectivity index (χ2n) is 11.4. The van der Waals surface area contributed by atoms with Crippen LogP contribution >= 0.6 is 0 Å². The summed E-state index contributed by atoms with van der Waals surface area (Å²) in [5.41, 5.74) is 0.148. The number of para-hydroxylation sites is 1. The van der Waals surface area contributed by atoms with Crippen LogP contribution in [0, 0.1) is 0 Å². The van der Waals surface area contributed by atoms with Gasteiger partial charge in [-0.15, -0.1) is 0 Å². The van der Waals surface area contributed by atoms with Crippen LogP contribution in [0.4, 0.5) is 0 Å². The third-order valence-electron chi connectivity index (χ3n) is 8.75. The van der Waals surface area contributed by atoms with Crippen molar-refractivity contribution in [1.82, 2.24) is 0 Å². The highest BCUT2D eigenvalue weighted by Gasteiger charge is 2.20. The standard InChI is InChI=1S/C48H30O/c1-3-14-31(15-4-1)33-26-29-45-44(30-33)43-25-13-24-42(48(43)49-45)36-27-28-41(35-19-8-7-18-34(35)36)47-39-22-11-9-20-37(39)46(32-16-5-2-6-17-32)38-21-10-12-23-40(38)47/h1-30H/i2D,5D,6D,7D,8D,9D,10D,11D,12D,16D,17D,18D,19D,20D,21D,22D,23D,27D,28D. The van der Waals surface area contributed by atoms with E-state index in [2.05, 4.69) is 0 Å². The summed E-state index contributed by atoms with van der Waals surface area (Å²) >= 11 is 0. The van der Waals surface area contributed by atoms with Crippen molar-refractivity contribution < 1.29 is 30.5 Å². The average molecular weight is 642 g/mol. The van der Waals surface area contributed by atoms with E-state index in [0.717, 1.165) is 11.1 Å². The Balaban J connectivity index is 1.46. The normalized spacial score (nSPS) is 17.1. The minimum Gasteiger partial charge on any atom is -0.455 e. The Morgan fingerprint density at radius 1 is 0.347 bits per heavy atom. The van der Waals surface area contributed by atoms with Crippen LogP contribution in [0.2, 0.25) is 0 Å². The third kappa shape index (κ3) is 4.33. The largest absolute Gasteiger partial charge is 0.455 e. The predicted molar refractivity (Wildman–Crippen MR) is 208 cm³/mol. The van der Waals surface area contributed by atoms with Crippen molar-refractivity contribution in [2.24, 2.45) is 0 Å². The van der Waals surface area contributed by atoms with Crippen LogP contribution in [0.1, 0.15) is 26.0 Å². The first-order chi connectivity index (χ1) is 32.2. The van der Waals surface area contributed by atoms with E-state index in [1.807, 2.05) is 42.5 Å². The molecule has 0 saturated heterocycles. The first-order valence-electron chi connectivity index (χ1n) is 24.8. The average Bonchev–Trinajstić information content (AvgIpc) is 3.72. The van der Waals surface area contributed by atoms with Gasteiger partial charge >= 0.3 is 0 Å². The lowest BCUT2D eigenvalue weighted by molar-refractivity contribution is 0.670. The quantitative estimate of drug-likeness (QED) is 0.174. The minimum absolute atomic E-state index is 0.162. The molecule has 10 rings (SSSR count). The highest BCUT2D eigenvalue weighted by atomic mass is 16.3. The molecule has 0 unspecified atom stereocenters. The van der Waals surface area contributed by atoms with Gasteiger partial charge in [-0.25, -0.2) is 0 Å². The summed E-state index contributed by atoms with van der Waals surface area (Å²) in [5.74, 6) is 0. The molecule has 228 valence electrons. The molecule has 49 heavy (non-hydrogen) atoms. The Morgan fingerprint density at radius 3 is 1.63 bits per heavy atom. The summed E-state index contributed by atoms with van der Waals surface area (Å²) in [6.45, 7) is 0. The van der Waals surface area contributed by atoms with Gasteiger partial charge in [0.15, 0.2) is 0 Å². The number of fused-ring (bicyclic) bond motifs is 6. The van der Waals surface area contributed by atoms with Crippen LogP contribution in [0.25, 0.3) is 98.8 Å². The Hall–Kier alpha value is -6.44.